The van der Waals surface area contributed by atoms with E-state index >= 15 is 0 Å². The quantitative estimate of drug-likeness (QED) is 0.393. The van der Waals surface area contributed by atoms with Crippen molar-refractivity contribution in [3.8, 4) is 27.7 Å². The van der Waals surface area contributed by atoms with Crippen LogP contribution in [0.3, 0.4) is 0 Å². The van der Waals surface area contributed by atoms with Gasteiger partial charge in [-0.3, -0.25) is 19.5 Å². The smallest absolute Gasteiger partial charge is 0.326 e. The van der Waals surface area contributed by atoms with Crippen molar-refractivity contribution >= 4 is 28.9 Å². The van der Waals surface area contributed by atoms with Crippen LogP contribution in [0.5, 0.6) is 5.75 Å². The predicted molar refractivity (Wildman–Crippen MR) is 116 cm³/mol. The predicted octanol–water partition coefficient (Wildman–Crippen LogP) is 3.18. The van der Waals surface area contributed by atoms with Gasteiger partial charge in [-0.05, 0) is 37.3 Å². The molecule has 1 amide bonds. The van der Waals surface area contributed by atoms with Crippen molar-refractivity contribution < 1.29 is 23.8 Å². The van der Waals surface area contributed by atoms with Crippen LogP contribution < -0.4 is 9.64 Å². The van der Waals surface area contributed by atoms with Gasteiger partial charge in [0.2, 0.25) is 0 Å². The fourth-order valence-electron chi connectivity index (χ4n) is 3.08. The van der Waals surface area contributed by atoms with Crippen LogP contribution in [0.2, 0.25) is 0 Å². The van der Waals surface area contributed by atoms with Crippen LogP contribution >= 0.6 is 11.3 Å². The molecular formula is C22H21N3O5S. The number of thiazole rings is 1. The number of esters is 1. The van der Waals surface area contributed by atoms with Crippen molar-refractivity contribution in [2.75, 3.05) is 37.9 Å². The number of fused-ring (bicyclic) bond motifs is 1. The average Bonchev–Trinajstić information content (AvgIpc) is 3.29. The maximum Gasteiger partial charge on any atom is 0.326 e. The highest BCUT2D eigenvalue weighted by molar-refractivity contribution is 7.13. The number of pyridine rings is 1. The van der Waals surface area contributed by atoms with E-state index in [2.05, 4.69) is 9.97 Å². The minimum Gasteiger partial charge on any atom is -0.482 e. The third-order valence-electron chi connectivity index (χ3n) is 4.57. The zero-order chi connectivity index (χ0) is 21.6. The van der Waals surface area contributed by atoms with Crippen molar-refractivity contribution in [3.05, 3.63) is 48.0 Å². The Kier molecular flexibility index (Phi) is 6.54. The number of nitrogens with zero attached hydrogens (tertiary/aromatic N) is 3. The number of ether oxygens (including phenoxy) is 3. The minimum absolute atomic E-state index is 0.126. The van der Waals surface area contributed by atoms with E-state index in [0.29, 0.717) is 24.7 Å². The molecule has 4 rings (SSSR count). The molecule has 1 aliphatic heterocycles. The summed E-state index contributed by atoms with van der Waals surface area (Å²) >= 11 is 1.49. The normalized spacial score (nSPS) is 12.9. The molecular weight excluding hydrogens is 418 g/mol. The topological polar surface area (TPSA) is 90.9 Å². The molecule has 9 heteroatoms. The van der Waals surface area contributed by atoms with Crippen molar-refractivity contribution in [1.29, 1.82) is 0 Å². The lowest BCUT2D eigenvalue weighted by molar-refractivity contribution is -0.144. The highest BCUT2D eigenvalue weighted by atomic mass is 32.1. The highest BCUT2D eigenvalue weighted by Crippen LogP contribution is 2.37. The van der Waals surface area contributed by atoms with Crippen LogP contribution in [-0.2, 0) is 19.1 Å². The van der Waals surface area contributed by atoms with Gasteiger partial charge in [-0.25, -0.2) is 4.98 Å². The molecule has 160 valence electrons. The lowest BCUT2D eigenvalue weighted by atomic mass is 10.1. The Bertz CT molecular complexity index is 1070. The molecule has 0 saturated carbocycles. The van der Waals surface area contributed by atoms with E-state index in [1.54, 1.807) is 18.3 Å². The molecule has 0 aliphatic carbocycles. The van der Waals surface area contributed by atoms with Gasteiger partial charge in [0.05, 0.1) is 23.7 Å². The number of rotatable bonds is 8. The fourth-order valence-corrected chi connectivity index (χ4v) is 3.89. The number of amides is 1. The summed E-state index contributed by atoms with van der Waals surface area (Å²) in [5, 5.41) is 2.74. The second-order valence-electron chi connectivity index (χ2n) is 6.62. The van der Waals surface area contributed by atoms with Gasteiger partial charge < -0.3 is 14.2 Å². The minimum atomic E-state index is -0.502. The number of carbonyl (C=O) groups is 2. The molecule has 0 saturated heterocycles. The lowest BCUT2D eigenvalue weighted by Gasteiger charge is -2.29. The standard InChI is InChI=1S/C22H21N3O5S/c1-2-28-9-10-29-21(27)12-25-18-11-15(6-7-19(18)30-13-20(25)26)17-14-31-22(24-17)16-5-3-4-8-23-16/h3-8,11,14H,2,9-10,12-13H2,1H3. The summed E-state index contributed by atoms with van der Waals surface area (Å²) in [6, 6.07) is 11.1. The molecule has 8 nitrogen and oxygen atoms in total. The zero-order valence-electron chi connectivity index (χ0n) is 16.9. The molecule has 1 aliphatic rings. The van der Waals surface area contributed by atoms with Gasteiger partial charge in [0.25, 0.3) is 5.91 Å². The van der Waals surface area contributed by atoms with E-state index in [0.717, 1.165) is 22.0 Å². The number of aromatic nitrogens is 2. The molecule has 3 aromatic rings. The average molecular weight is 439 g/mol. The Morgan fingerprint density at radius 2 is 2.13 bits per heavy atom. The maximum absolute atomic E-state index is 12.5. The van der Waals surface area contributed by atoms with Crippen LogP contribution in [0.4, 0.5) is 5.69 Å². The summed E-state index contributed by atoms with van der Waals surface area (Å²) in [6.07, 6.45) is 1.73. The van der Waals surface area contributed by atoms with E-state index in [-0.39, 0.29) is 25.7 Å². The number of benzene rings is 1. The molecule has 0 N–H and O–H groups in total. The SMILES string of the molecule is CCOCCOC(=O)CN1C(=O)COc2ccc(-c3csc(-c4ccccn4)n3)cc21. The third kappa shape index (κ3) is 4.89. The molecule has 31 heavy (non-hydrogen) atoms. The molecule has 0 radical (unpaired) electrons. The van der Waals surface area contributed by atoms with Crippen LogP contribution in [0.25, 0.3) is 22.0 Å². The summed E-state index contributed by atoms with van der Waals surface area (Å²) in [5.74, 6) is -0.276. The molecule has 0 bridgehead atoms. The van der Waals surface area contributed by atoms with E-state index < -0.39 is 5.97 Å². The van der Waals surface area contributed by atoms with Gasteiger partial charge in [0, 0.05) is 23.7 Å². The fraction of sp³-hybridized carbons (Fsp3) is 0.273. The Labute approximate surface area is 183 Å². The molecule has 1 aromatic carbocycles. The molecule has 2 aromatic heterocycles. The van der Waals surface area contributed by atoms with Crippen LogP contribution in [0, 0.1) is 0 Å². The Morgan fingerprint density at radius 1 is 1.23 bits per heavy atom. The summed E-state index contributed by atoms with van der Waals surface area (Å²) < 4.78 is 15.9. The van der Waals surface area contributed by atoms with Crippen molar-refractivity contribution in [3.63, 3.8) is 0 Å². The molecule has 0 spiro atoms. The van der Waals surface area contributed by atoms with Crippen LogP contribution in [0.1, 0.15) is 6.92 Å². The monoisotopic (exact) mass is 439 g/mol. The number of hydrogen-bond acceptors (Lipinski definition) is 8. The Balaban J connectivity index is 1.54. The lowest BCUT2D eigenvalue weighted by Crippen LogP contribution is -2.42. The molecule has 0 atom stereocenters. The van der Waals surface area contributed by atoms with E-state index in [1.165, 1.54) is 16.2 Å². The Hall–Kier alpha value is -3.30. The summed E-state index contributed by atoms with van der Waals surface area (Å²) in [4.78, 5) is 35.1. The maximum atomic E-state index is 12.5. The van der Waals surface area contributed by atoms with E-state index in [9.17, 15) is 9.59 Å². The number of carbonyl (C=O) groups excluding carboxylic acids is 2. The van der Waals surface area contributed by atoms with Gasteiger partial charge >= 0.3 is 5.97 Å². The summed E-state index contributed by atoms with van der Waals surface area (Å²) in [7, 11) is 0. The van der Waals surface area contributed by atoms with Crippen LogP contribution in [-0.4, -0.2) is 54.8 Å². The van der Waals surface area contributed by atoms with Gasteiger partial charge in [0.1, 0.15) is 23.9 Å². The number of anilines is 1. The van der Waals surface area contributed by atoms with Gasteiger partial charge in [0.15, 0.2) is 6.61 Å². The first-order valence-corrected chi connectivity index (χ1v) is 10.7. The van der Waals surface area contributed by atoms with Crippen LogP contribution in [0.15, 0.2) is 48.0 Å². The number of hydrogen-bond donors (Lipinski definition) is 0. The van der Waals surface area contributed by atoms with E-state index in [4.69, 9.17) is 14.2 Å². The third-order valence-corrected chi connectivity index (χ3v) is 5.43. The zero-order valence-corrected chi connectivity index (χ0v) is 17.8. The van der Waals surface area contributed by atoms with Crippen molar-refractivity contribution in [2.45, 2.75) is 6.92 Å². The van der Waals surface area contributed by atoms with Gasteiger partial charge in [-0.2, -0.15) is 0 Å². The molecule has 0 fully saturated rings. The second kappa shape index (κ2) is 9.67. The molecule has 3 heterocycles. The summed E-state index contributed by atoms with van der Waals surface area (Å²) in [5.41, 5.74) is 2.88. The first-order chi connectivity index (χ1) is 15.2. The Morgan fingerprint density at radius 3 is 2.94 bits per heavy atom. The van der Waals surface area contributed by atoms with Crippen molar-refractivity contribution in [1.82, 2.24) is 9.97 Å². The summed E-state index contributed by atoms with van der Waals surface area (Å²) in [6.45, 7) is 2.56. The van der Waals surface area contributed by atoms with E-state index in [1.807, 2.05) is 36.6 Å². The van der Waals surface area contributed by atoms with Gasteiger partial charge in [-0.1, -0.05) is 6.07 Å². The van der Waals surface area contributed by atoms with Gasteiger partial charge in [-0.15, -0.1) is 11.3 Å². The highest BCUT2D eigenvalue weighted by Gasteiger charge is 2.28. The second-order valence-corrected chi connectivity index (χ2v) is 7.48. The first kappa shape index (κ1) is 21.0. The molecule has 0 unspecified atom stereocenters. The first-order valence-electron chi connectivity index (χ1n) is 9.83. The largest absolute Gasteiger partial charge is 0.482 e. The van der Waals surface area contributed by atoms with Crippen molar-refractivity contribution in [2.24, 2.45) is 0 Å².